The lowest BCUT2D eigenvalue weighted by Crippen LogP contribution is -2.61. The summed E-state index contributed by atoms with van der Waals surface area (Å²) in [6.45, 7) is 5.77. The zero-order chi connectivity index (χ0) is 58.9. The molecule has 11 nitrogen and oxygen atoms in total. The molecule has 81 heavy (non-hydrogen) atoms. The quantitative estimate of drug-likeness (QED) is 0.0195. The standard InChI is InChI=1S/C70H127NO10/c1-4-7-10-13-16-19-22-24-26-28-29-30-31-32-33-34-36-37-39-42-45-48-51-54-57-63(74)69(78)71-61(62(73)56-53-50-47-44-41-21-18-15-12-9-6-3)60-79-70-68(67(77)66(76)64(59-72)80-70)81-65(75)58-55-52-49-46-43-40-38-35-27-25-23-20-17-14-11-8-5-2/h16,19,24-27,29-30,53,56,61-64,66-68,70,72-74,76-77H,4-15,17-18,20-23,28,31-52,54-55,57-60H2,1-3H3,(H,71,78)/b19-16-,26-24-,27-25+,30-29-,56-53+. The summed E-state index contributed by atoms with van der Waals surface area (Å²) in [5.74, 6) is -1.19. The van der Waals surface area contributed by atoms with Crippen molar-refractivity contribution in [3.05, 3.63) is 60.8 Å². The summed E-state index contributed by atoms with van der Waals surface area (Å²) in [6, 6.07) is -1.03. The molecular weight excluding hydrogens is 1010 g/mol. The van der Waals surface area contributed by atoms with E-state index >= 15 is 0 Å². The monoisotopic (exact) mass is 1140 g/mol. The summed E-state index contributed by atoms with van der Waals surface area (Å²) >= 11 is 0. The van der Waals surface area contributed by atoms with E-state index in [9.17, 15) is 35.1 Å². The van der Waals surface area contributed by atoms with Crippen LogP contribution in [-0.4, -0.2) is 99.6 Å². The number of hydrogen-bond donors (Lipinski definition) is 6. The summed E-state index contributed by atoms with van der Waals surface area (Å²) in [7, 11) is 0. The molecule has 1 rings (SSSR count). The Morgan fingerprint density at radius 3 is 1.31 bits per heavy atom. The highest BCUT2D eigenvalue weighted by atomic mass is 16.7. The minimum atomic E-state index is -1.62. The van der Waals surface area contributed by atoms with Gasteiger partial charge < -0.3 is 45.1 Å². The van der Waals surface area contributed by atoms with E-state index in [-0.39, 0.29) is 19.4 Å². The first-order chi connectivity index (χ1) is 39.7. The third-order valence-corrected chi connectivity index (χ3v) is 15.9. The number of aliphatic hydroxyl groups is 5. The van der Waals surface area contributed by atoms with Gasteiger partial charge in [-0.25, -0.2) is 0 Å². The number of esters is 1. The van der Waals surface area contributed by atoms with Crippen LogP contribution >= 0.6 is 0 Å². The summed E-state index contributed by atoms with van der Waals surface area (Å²) in [5, 5.41) is 57.1. The van der Waals surface area contributed by atoms with Crippen molar-refractivity contribution in [3.63, 3.8) is 0 Å². The Morgan fingerprint density at radius 2 is 0.852 bits per heavy atom. The Morgan fingerprint density at radius 1 is 0.481 bits per heavy atom. The van der Waals surface area contributed by atoms with E-state index in [4.69, 9.17) is 14.2 Å². The molecule has 0 radical (unpaired) electrons. The minimum absolute atomic E-state index is 0.119. The minimum Gasteiger partial charge on any atom is -0.454 e. The Labute approximate surface area is 497 Å². The molecule has 11 heteroatoms. The fourth-order valence-electron chi connectivity index (χ4n) is 10.5. The van der Waals surface area contributed by atoms with Gasteiger partial charge in [0, 0.05) is 6.42 Å². The molecule has 0 aromatic carbocycles. The normalized spacial score (nSPS) is 19.0. The van der Waals surface area contributed by atoms with Crippen molar-refractivity contribution in [1.82, 2.24) is 5.32 Å². The molecule has 472 valence electrons. The molecule has 1 amide bonds. The highest BCUT2D eigenvalue weighted by molar-refractivity contribution is 5.80. The van der Waals surface area contributed by atoms with Crippen LogP contribution in [0, 0.1) is 0 Å². The molecule has 0 aromatic heterocycles. The van der Waals surface area contributed by atoms with E-state index < -0.39 is 67.4 Å². The molecule has 1 saturated heterocycles. The fourth-order valence-corrected chi connectivity index (χ4v) is 10.5. The van der Waals surface area contributed by atoms with Crippen molar-refractivity contribution in [2.75, 3.05) is 13.2 Å². The van der Waals surface area contributed by atoms with Crippen LogP contribution in [0.2, 0.25) is 0 Å². The van der Waals surface area contributed by atoms with Crippen molar-refractivity contribution in [1.29, 1.82) is 0 Å². The number of allylic oxidation sites excluding steroid dienone is 9. The maximum atomic E-state index is 13.5. The molecule has 0 aromatic rings. The van der Waals surface area contributed by atoms with Crippen molar-refractivity contribution in [2.45, 2.75) is 359 Å². The molecule has 0 spiro atoms. The molecule has 0 aliphatic carbocycles. The van der Waals surface area contributed by atoms with E-state index in [0.29, 0.717) is 12.8 Å². The highest BCUT2D eigenvalue weighted by Gasteiger charge is 2.47. The van der Waals surface area contributed by atoms with Gasteiger partial charge in [-0.3, -0.25) is 9.59 Å². The Hall–Kier alpha value is -2.64. The number of rotatable bonds is 58. The maximum Gasteiger partial charge on any atom is 0.306 e. The molecule has 0 saturated carbocycles. The van der Waals surface area contributed by atoms with Gasteiger partial charge in [-0.05, 0) is 89.9 Å². The lowest BCUT2D eigenvalue weighted by molar-refractivity contribution is -0.305. The zero-order valence-corrected chi connectivity index (χ0v) is 52.4. The SMILES string of the molecule is CCCCC/C=C\C/C=C\C/C=C\CCCCCCCCCCCCCC(O)C(=O)NC(COC1OC(CO)C(O)C(O)C1OC(=O)CCCCCCCCC/C=C/CCCCCCCC)C(O)/C=C/CCCCCCCCCCC. The fraction of sp³-hybridized carbons (Fsp3) is 0.829. The second-order valence-corrected chi connectivity index (χ2v) is 23.6. The summed E-state index contributed by atoms with van der Waals surface area (Å²) in [5.41, 5.74) is 0. The second kappa shape index (κ2) is 57.8. The summed E-state index contributed by atoms with van der Waals surface area (Å²) in [6.07, 6.45) is 62.6. The van der Waals surface area contributed by atoms with Gasteiger partial charge in [0.2, 0.25) is 5.91 Å². The van der Waals surface area contributed by atoms with Gasteiger partial charge >= 0.3 is 5.97 Å². The van der Waals surface area contributed by atoms with Crippen LogP contribution in [0.3, 0.4) is 0 Å². The first kappa shape index (κ1) is 76.4. The number of carbonyl (C=O) groups is 2. The second-order valence-electron chi connectivity index (χ2n) is 23.6. The van der Waals surface area contributed by atoms with Gasteiger partial charge in [-0.2, -0.15) is 0 Å². The average molecular weight is 1140 g/mol. The van der Waals surface area contributed by atoms with Crippen LogP contribution in [-0.2, 0) is 23.8 Å². The zero-order valence-electron chi connectivity index (χ0n) is 52.4. The van der Waals surface area contributed by atoms with Crippen molar-refractivity contribution >= 4 is 11.9 Å². The lowest BCUT2D eigenvalue weighted by atomic mass is 9.99. The molecule has 1 fully saturated rings. The Balaban J connectivity index is 2.58. The smallest absolute Gasteiger partial charge is 0.306 e. The lowest BCUT2D eigenvalue weighted by Gasteiger charge is -2.41. The summed E-state index contributed by atoms with van der Waals surface area (Å²) in [4.78, 5) is 26.6. The van der Waals surface area contributed by atoms with Crippen LogP contribution in [0.5, 0.6) is 0 Å². The molecule has 6 N–H and O–H groups in total. The van der Waals surface area contributed by atoms with E-state index in [1.807, 2.05) is 6.08 Å². The number of ether oxygens (including phenoxy) is 3. The molecule has 1 heterocycles. The van der Waals surface area contributed by atoms with Gasteiger partial charge in [-0.15, -0.1) is 0 Å². The average Bonchev–Trinajstić information content (AvgIpc) is 3.50. The van der Waals surface area contributed by atoms with Gasteiger partial charge in [0.05, 0.1) is 25.4 Å². The van der Waals surface area contributed by atoms with Crippen LogP contribution < -0.4 is 5.32 Å². The van der Waals surface area contributed by atoms with Crippen LogP contribution in [0.15, 0.2) is 60.8 Å². The van der Waals surface area contributed by atoms with Crippen LogP contribution in [0.1, 0.15) is 310 Å². The van der Waals surface area contributed by atoms with Gasteiger partial charge in [-0.1, -0.05) is 274 Å². The number of aliphatic hydroxyl groups excluding tert-OH is 5. The Kier molecular flexibility index (Phi) is 54.5. The highest BCUT2D eigenvalue weighted by Crippen LogP contribution is 2.26. The predicted molar refractivity (Wildman–Crippen MR) is 338 cm³/mol. The molecule has 1 aliphatic rings. The molecule has 0 bridgehead atoms. The first-order valence-electron chi connectivity index (χ1n) is 34.1. The van der Waals surface area contributed by atoms with Gasteiger partial charge in [0.15, 0.2) is 12.4 Å². The largest absolute Gasteiger partial charge is 0.454 e. The maximum absolute atomic E-state index is 13.5. The van der Waals surface area contributed by atoms with Gasteiger partial charge in [0.1, 0.15) is 24.4 Å². The van der Waals surface area contributed by atoms with E-state index in [0.717, 1.165) is 89.9 Å². The van der Waals surface area contributed by atoms with Crippen LogP contribution in [0.4, 0.5) is 0 Å². The van der Waals surface area contributed by atoms with E-state index in [2.05, 4.69) is 74.7 Å². The number of amides is 1. The number of unbranched alkanes of at least 4 members (excludes halogenated alkanes) is 36. The first-order valence-corrected chi connectivity index (χ1v) is 34.1. The topological polar surface area (TPSA) is 175 Å². The third-order valence-electron chi connectivity index (χ3n) is 15.9. The van der Waals surface area contributed by atoms with E-state index in [1.165, 1.54) is 173 Å². The van der Waals surface area contributed by atoms with Crippen molar-refractivity contribution < 1.29 is 49.3 Å². The molecular formula is C70H127NO10. The number of carbonyl (C=O) groups excluding carboxylic acids is 2. The van der Waals surface area contributed by atoms with Gasteiger partial charge in [0.25, 0.3) is 0 Å². The predicted octanol–water partition coefficient (Wildman–Crippen LogP) is 17.0. The number of hydrogen-bond acceptors (Lipinski definition) is 10. The molecule has 1 aliphatic heterocycles. The Bertz CT molecular complexity index is 1550. The summed E-state index contributed by atoms with van der Waals surface area (Å²) < 4.78 is 17.7. The molecule has 8 unspecified atom stereocenters. The third kappa shape index (κ3) is 45.4. The molecule has 8 atom stereocenters. The number of nitrogens with one attached hydrogen (secondary N) is 1. The van der Waals surface area contributed by atoms with Crippen LogP contribution in [0.25, 0.3) is 0 Å². The van der Waals surface area contributed by atoms with E-state index in [1.54, 1.807) is 6.08 Å². The van der Waals surface area contributed by atoms with Crippen molar-refractivity contribution in [2.24, 2.45) is 0 Å². The van der Waals surface area contributed by atoms with Crippen molar-refractivity contribution in [3.8, 4) is 0 Å².